The molecule has 0 saturated carbocycles. The van der Waals surface area contributed by atoms with Crippen LogP contribution in [0.5, 0.6) is 0 Å². The van der Waals surface area contributed by atoms with E-state index in [1.165, 1.54) is 7.11 Å². The lowest BCUT2D eigenvalue weighted by Crippen LogP contribution is -2.47. The van der Waals surface area contributed by atoms with Crippen molar-refractivity contribution in [1.82, 2.24) is 14.7 Å². The first-order valence-electron chi connectivity index (χ1n) is 12.8. The molecule has 0 unspecified atom stereocenters. The van der Waals surface area contributed by atoms with Gasteiger partial charge in [0.1, 0.15) is 5.76 Å². The van der Waals surface area contributed by atoms with E-state index in [9.17, 15) is 9.59 Å². The van der Waals surface area contributed by atoms with Crippen LogP contribution in [0.2, 0.25) is 0 Å². The highest BCUT2D eigenvalue weighted by Crippen LogP contribution is 2.32. The summed E-state index contributed by atoms with van der Waals surface area (Å²) in [6, 6.07) is 19.7. The summed E-state index contributed by atoms with van der Waals surface area (Å²) in [6.07, 6.45) is 1.21. The molecular weight excluding hydrogens is 468 g/mol. The van der Waals surface area contributed by atoms with Gasteiger partial charge in [-0.3, -0.25) is 19.9 Å². The number of hydrogen-bond acceptors (Lipinski definition) is 6. The van der Waals surface area contributed by atoms with E-state index in [2.05, 4.69) is 33.3 Å². The third-order valence-electron chi connectivity index (χ3n) is 6.89. The lowest BCUT2D eigenvalue weighted by molar-refractivity contribution is 0.0772. The molecule has 8 nitrogen and oxygen atoms in total. The van der Waals surface area contributed by atoms with Gasteiger partial charge >= 0.3 is 6.09 Å². The summed E-state index contributed by atoms with van der Waals surface area (Å²) in [5.41, 5.74) is 3.54. The molecule has 2 aromatic carbocycles. The van der Waals surface area contributed by atoms with Gasteiger partial charge in [-0.2, -0.15) is 0 Å². The fraction of sp³-hybridized carbons (Fsp3) is 0.379. The first-order valence-corrected chi connectivity index (χ1v) is 12.8. The van der Waals surface area contributed by atoms with Gasteiger partial charge in [0, 0.05) is 50.5 Å². The summed E-state index contributed by atoms with van der Waals surface area (Å²) in [5, 5.41) is 2.77. The van der Waals surface area contributed by atoms with Crippen molar-refractivity contribution in [3.8, 4) is 0 Å². The van der Waals surface area contributed by atoms with Gasteiger partial charge in [-0.1, -0.05) is 24.3 Å². The van der Waals surface area contributed by atoms with Crippen LogP contribution in [0.25, 0.3) is 0 Å². The maximum absolute atomic E-state index is 12.9. The van der Waals surface area contributed by atoms with Gasteiger partial charge in [-0.15, -0.1) is 0 Å². The number of carbonyl (C=O) groups is 2. The van der Waals surface area contributed by atoms with Crippen LogP contribution >= 0.6 is 0 Å². The monoisotopic (exact) mass is 504 g/mol. The fourth-order valence-corrected chi connectivity index (χ4v) is 4.87. The third-order valence-corrected chi connectivity index (χ3v) is 6.89. The molecule has 0 radical (unpaired) electrons. The molecule has 1 N–H and O–H groups in total. The summed E-state index contributed by atoms with van der Waals surface area (Å²) in [5.74, 6) is 1.02. The zero-order chi connectivity index (χ0) is 26.2. The Labute approximate surface area is 218 Å². The van der Waals surface area contributed by atoms with Crippen LogP contribution < -0.4 is 5.32 Å². The molecule has 37 heavy (non-hydrogen) atoms. The van der Waals surface area contributed by atoms with E-state index >= 15 is 0 Å². The van der Waals surface area contributed by atoms with Gasteiger partial charge < -0.3 is 14.1 Å². The Kier molecular flexibility index (Phi) is 8.98. The number of carbonyl (C=O) groups excluding carboxylic acids is 2. The number of rotatable bonds is 9. The minimum absolute atomic E-state index is 0.0252. The third kappa shape index (κ3) is 6.58. The molecule has 1 atom stereocenters. The summed E-state index contributed by atoms with van der Waals surface area (Å²) in [7, 11) is 1.35. The number of amides is 2. The van der Waals surface area contributed by atoms with Crippen LogP contribution in [-0.4, -0.2) is 73.1 Å². The van der Waals surface area contributed by atoms with E-state index in [-0.39, 0.29) is 11.9 Å². The molecule has 0 spiro atoms. The van der Waals surface area contributed by atoms with E-state index in [1.54, 1.807) is 6.26 Å². The molecule has 1 aliphatic rings. The fourth-order valence-electron chi connectivity index (χ4n) is 4.87. The molecule has 1 aliphatic heterocycles. The van der Waals surface area contributed by atoms with Crippen molar-refractivity contribution in [2.75, 3.05) is 51.7 Å². The minimum atomic E-state index is -0.500. The molecule has 2 amide bonds. The first kappa shape index (κ1) is 26.4. The second-order valence-electron chi connectivity index (χ2n) is 9.14. The zero-order valence-electron chi connectivity index (χ0n) is 21.9. The molecule has 0 bridgehead atoms. The number of ether oxygens (including phenoxy) is 1. The zero-order valence-corrected chi connectivity index (χ0v) is 21.9. The van der Waals surface area contributed by atoms with Crippen LogP contribution in [0.3, 0.4) is 0 Å². The summed E-state index contributed by atoms with van der Waals surface area (Å²) in [6.45, 7) is 9.72. The number of nitrogens with one attached hydrogen (secondary N) is 1. The number of hydrogen-bond donors (Lipinski definition) is 1. The van der Waals surface area contributed by atoms with Crippen LogP contribution in [0.15, 0.2) is 71.3 Å². The number of anilines is 1. The van der Waals surface area contributed by atoms with Crippen LogP contribution in [-0.2, 0) is 11.3 Å². The molecule has 196 valence electrons. The number of benzene rings is 2. The molecule has 8 heteroatoms. The summed E-state index contributed by atoms with van der Waals surface area (Å²) < 4.78 is 10.3. The Balaban J connectivity index is 1.58. The van der Waals surface area contributed by atoms with Crippen molar-refractivity contribution in [2.24, 2.45) is 0 Å². The van der Waals surface area contributed by atoms with Crippen LogP contribution in [0, 0.1) is 0 Å². The molecule has 1 fully saturated rings. The predicted octanol–water partition coefficient (Wildman–Crippen LogP) is 4.85. The lowest BCUT2D eigenvalue weighted by Gasteiger charge is -2.39. The molecule has 0 aliphatic carbocycles. The Morgan fingerprint density at radius 2 is 1.70 bits per heavy atom. The molecule has 1 saturated heterocycles. The molecule has 2 heterocycles. The van der Waals surface area contributed by atoms with Crippen molar-refractivity contribution < 1.29 is 18.7 Å². The van der Waals surface area contributed by atoms with Crippen molar-refractivity contribution in [1.29, 1.82) is 0 Å². The second-order valence-corrected chi connectivity index (χ2v) is 9.14. The average molecular weight is 505 g/mol. The van der Waals surface area contributed by atoms with E-state index in [1.807, 2.05) is 61.2 Å². The minimum Gasteiger partial charge on any atom is -0.468 e. The van der Waals surface area contributed by atoms with Gasteiger partial charge in [-0.25, -0.2) is 4.79 Å². The Morgan fingerprint density at radius 3 is 2.32 bits per heavy atom. The molecular formula is C29H36N4O4. The van der Waals surface area contributed by atoms with Crippen molar-refractivity contribution in [2.45, 2.75) is 26.4 Å². The normalized spacial score (nSPS) is 15.2. The standard InChI is InChI=1S/C29H36N4O4/c1-4-32(5-2)28(34)23-13-11-22(12-14-23)27(24-8-6-9-25(20-24)30-29(35)36-3)33-17-15-31(16-18-33)21-26-10-7-19-37-26/h6-14,19-20,27H,4-5,15-18,21H2,1-3H3,(H,30,35)/t27-/m0/s1. The highest BCUT2D eigenvalue weighted by atomic mass is 16.5. The number of nitrogens with zero attached hydrogens (tertiary/aromatic N) is 3. The number of furan rings is 1. The Bertz CT molecular complexity index is 1150. The highest BCUT2D eigenvalue weighted by Gasteiger charge is 2.27. The number of piperazine rings is 1. The van der Waals surface area contributed by atoms with Gasteiger partial charge in [0.15, 0.2) is 0 Å². The smallest absolute Gasteiger partial charge is 0.411 e. The van der Waals surface area contributed by atoms with Crippen molar-refractivity contribution >= 4 is 17.7 Å². The quantitative estimate of drug-likeness (QED) is 0.449. The van der Waals surface area contributed by atoms with E-state index in [0.717, 1.165) is 49.6 Å². The van der Waals surface area contributed by atoms with Crippen LogP contribution in [0.4, 0.5) is 10.5 Å². The average Bonchev–Trinajstić information content (AvgIpc) is 3.44. The predicted molar refractivity (Wildman–Crippen MR) is 144 cm³/mol. The topological polar surface area (TPSA) is 78.3 Å². The molecule has 4 rings (SSSR count). The largest absolute Gasteiger partial charge is 0.468 e. The summed E-state index contributed by atoms with van der Waals surface area (Å²) in [4.78, 5) is 31.3. The second kappa shape index (κ2) is 12.6. The maximum Gasteiger partial charge on any atom is 0.411 e. The number of methoxy groups -OCH3 is 1. The summed E-state index contributed by atoms with van der Waals surface area (Å²) >= 11 is 0. The SMILES string of the molecule is CCN(CC)C(=O)c1ccc([C@@H](c2cccc(NC(=O)OC)c2)N2CCN(Cc3ccco3)CC2)cc1. The Hall–Kier alpha value is -3.62. The Morgan fingerprint density at radius 1 is 0.973 bits per heavy atom. The maximum atomic E-state index is 12.9. The van der Waals surface area contributed by atoms with E-state index < -0.39 is 6.09 Å². The van der Waals surface area contributed by atoms with Gasteiger partial charge in [0.05, 0.1) is 26.0 Å². The van der Waals surface area contributed by atoms with Crippen molar-refractivity contribution in [3.63, 3.8) is 0 Å². The molecule has 1 aromatic heterocycles. The highest BCUT2D eigenvalue weighted by molar-refractivity contribution is 5.94. The van der Waals surface area contributed by atoms with Gasteiger partial charge in [0.25, 0.3) is 5.91 Å². The molecule has 3 aromatic rings. The van der Waals surface area contributed by atoms with E-state index in [4.69, 9.17) is 9.15 Å². The van der Waals surface area contributed by atoms with Crippen molar-refractivity contribution in [3.05, 3.63) is 89.4 Å². The lowest BCUT2D eigenvalue weighted by atomic mass is 9.95. The van der Waals surface area contributed by atoms with Gasteiger partial charge in [0.2, 0.25) is 0 Å². The first-order chi connectivity index (χ1) is 18.0. The van der Waals surface area contributed by atoms with E-state index in [0.29, 0.717) is 24.3 Å². The van der Waals surface area contributed by atoms with Crippen LogP contribution in [0.1, 0.15) is 47.1 Å². The van der Waals surface area contributed by atoms with Gasteiger partial charge in [-0.05, 0) is 61.4 Å².